The van der Waals surface area contributed by atoms with Gasteiger partial charge in [0.1, 0.15) is 0 Å². The number of rotatable bonds is 4. The number of likely N-dealkylation sites (tertiary alicyclic amines) is 1. The topological polar surface area (TPSA) is 102 Å². The number of pyridine rings is 1. The Hall–Kier alpha value is -3.60. The third kappa shape index (κ3) is 3.64. The maximum atomic E-state index is 14.9. The summed E-state index contributed by atoms with van der Waals surface area (Å²) in [7, 11) is 3.57. The number of carbonyl (C=O) groups is 1. The van der Waals surface area contributed by atoms with E-state index in [2.05, 4.69) is 30.4 Å². The fourth-order valence-corrected chi connectivity index (χ4v) is 4.00. The van der Waals surface area contributed by atoms with Crippen molar-refractivity contribution in [1.82, 2.24) is 34.1 Å². The van der Waals surface area contributed by atoms with Gasteiger partial charge in [0.25, 0.3) is 0 Å². The molecular formula is C21H23FN8O2. The molecule has 5 rings (SSSR count). The molecule has 0 radical (unpaired) electrons. The fourth-order valence-electron chi connectivity index (χ4n) is 4.00. The van der Waals surface area contributed by atoms with Gasteiger partial charge in [0, 0.05) is 23.7 Å². The largest absolute Gasteiger partial charge is 0.493 e. The van der Waals surface area contributed by atoms with Crippen LogP contribution in [0.3, 0.4) is 0 Å². The van der Waals surface area contributed by atoms with Crippen molar-refractivity contribution in [2.75, 3.05) is 32.6 Å². The summed E-state index contributed by atoms with van der Waals surface area (Å²) in [6, 6.07) is 3.03. The van der Waals surface area contributed by atoms with Gasteiger partial charge in [-0.2, -0.15) is 0 Å². The van der Waals surface area contributed by atoms with Crippen LogP contribution in [-0.2, 0) is 4.79 Å². The number of carbonyl (C=O) groups excluding carboxylic acids is 1. The van der Waals surface area contributed by atoms with Gasteiger partial charge in [-0.05, 0) is 46.0 Å². The Kier molecular flexibility index (Phi) is 4.97. The van der Waals surface area contributed by atoms with Crippen LogP contribution in [0.4, 0.5) is 10.2 Å². The Balaban J connectivity index is 1.46. The van der Waals surface area contributed by atoms with E-state index in [1.165, 1.54) is 17.8 Å². The van der Waals surface area contributed by atoms with Crippen molar-refractivity contribution in [2.24, 2.45) is 5.92 Å². The molecule has 32 heavy (non-hydrogen) atoms. The van der Waals surface area contributed by atoms with Crippen LogP contribution in [0.25, 0.3) is 22.6 Å². The van der Waals surface area contributed by atoms with E-state index < -0.39 is 5.82 Å². The molecule has 0 atom stereocenters. The van der Waals surface area contributed by atoms with Gasteiger partial charge in [-0.3, -0.25) is 4.79 Å². The summed E-state index contributed by atoms with van der Waals surface area (Å²) in [5.74, 6) is 0.671. The van der Waals surface area contributed by atoms with E-state index in [9.17, 15) is 9.18 Å². The molecule has 4 aromatic rings. The maximum Gasteiger partial charge on any atom is 0.228 e. The van der Waals surface area contributed by atoms with Crippen LogP contribution in [0.2, 0.25) is 0 Å². The van der Waals surface area contributed by atoms with Gasteiger partial charge in [0.2, 0.25) is 11.6 Å². The second kappa shape index (κ2) is 7.83. The number of amides is 1. The molecule has 0 unspecified atom stereocenters. The summed E-state index contributed by atoms with van der Waals surface area (Å²) in [6.07, 6.45) is 4.90. The number of methoxy groups -OCH3 is 1. The van der Waals surface area contributed by atoms with Crippen molar-refractivity contribution in [1.29, 1.82) is 0 Å². The molecule has 0 saturated carbocycles. The fraction of sp³-hybridized carbons (Fsp3) is 0.381. The average Bonchev–Trinajstić information content (AvgIpc) is 3.35. The monoisotopic (exact) mass is 438 g/mol. The SMILES string of the molecule is COc1cc(-c2cc(F)c3nc(NC(=O)C4CCN(C)CC4)cn3c2)nn2nc(C)nc12. The number of nitrogens with zero attached hydrogens (tertiary/aromatic N) is 7. The zero-order valence-electron chi connectivity index (χ0n) is 18.0. The Bertz CT molecular complexity index is 1320. The summed E-state index contributed by atoms with van der Waals surface area (Å²) in [4.78, 5) is 23.4. The third-order valence-electron chi connectivity index (χ3n) is 5.75. The molecule has 11 heteroatoms. The highest BCUT2D eigenvalue weighted by Gasteiger charge is 2.24. The summed E-state index contributed by atoms with van der Waals surface area (Å²) in [5.41, 5.74) is 1.58. The van der Waals surface area contributed by atoms with Crippen molar-refractivity contribution in [3.63, 3.8) is 0 Å². The lowest BCUT2D eigenvalue weighted by atomic mass is 9.96. The molecule has 5 heterocycles. The van der Waals surface area contributed by atoms with Crippen LogP contribution in [-0.4, -0.2) is 67.3 Å². The summed E-state index contributed by atoms with van der Waals surface area (Å²) in [6.45, 7) is 3.52. The number of hydrogen-bond acceptors (Lipinski definition) is 7. The lowest BCUT2D eigenvalue weighted by molar-refractivity contribution is -0.121. The van der Waals surface area contributed by atoms with E-state index in [4.69, 9.17) is 4.74 Å². The number of imidazole rings is 1. The van der Waals surface area contributed by atoms with Crippen LogP contribution < -0.4 is 10.1 Å². The first-order chi connectivity index (χ1) is 15.4. The van der Waals surface area contributed by atoms with Crippen LogP contribution >= 0.6 is 0 Å². The van der Waals surface area contributed by atoms with E-state index in [0.717, 1.165) is 25.9 Å². The number of anilines is 1. The minimum Gasteiger partial charge on any atom is -0.493 e. The van der Waals surface area contributed by atoms with E-state index in [1.807, 2.05) is 7.05 Å². The van der Waals surface area contributed by atoms with Crippen molar-refractivity contribution >= 4 is 23.0 Å². The minimum atomic E-state index is -0.530. The smallest absolute Gasteiger partial charge is 0.228 e. The van der Waals surface area contributed by atoms with E-state index in [-0.39, 0.29) is 17.5 Å². The Morgan fingerprint density at radius 3 is 2.69 bits per heavy atom. The van der Waals surface area contributed by atoms with Crippen LogP contribution in [0, 0.1) is 18.7 Å². The number of piperidine rings is 1. The molecule has 0 aromatic carbocycles. The Morgan fingerprint density at radius 1 is 1.16 bits per heavy atom. The molecule has 166 valence electrons. The zero-order valence-corrected chi connectivity index (χ0v) is 18.0. The standard InChI is InChI=1S/C21H23FN8O2/c1-12-23-20-17(32-3)9-16(27-30(20)26-12)14-8-15(22)19-24-18(11-29(19)10-14)25-21(31)13-4-6-28(2)7-5-13/h8-11,13H,4-7H2,1-3H3,(H,25,31). The number of halogens is 1. The molecule has 0 spiro atoms. The highest BCUT2D eigenvalue weighted by Crippen LogP contribution is 2.27. The second-order valence-electron chi connectivity index (χ2n) is 8.07. The van der Waals surface area contributed by atoms with Crippen molar-refractivity contribution < 1.29 is 13.9 Å². The van der Waals surface area contributed by atoms with Crippen LogP contribution in [0.5, 0.6) is 5.75 Å². The molecule has 1 amide bonds. The Labute approximate surface area is 183 Å². The number of nitrogens with one attached hydrogen (secondary N) is 1. The molecule has 0 aliphatic carbocycles. The summed E-state index contributed by atoms with van der Waals surface area (Å²) in [5, 5.41) is 11.5. The first-order valence-electron chi connectivity index (χ1n) is 10.4. The van der Waals surface area contributed by atoms with E-state index >= 15 is 0 Å². The molecule has 1 fully saturated rings. The average molecular weight is 438 g/mol. The normalized spacial score (nSPS) is 15.5. The summed E-state index contributed by atoms with van der Waals surface area (Å²) >= 11 is 0. The number of hydrogen-bond donors (Lipinski definition) is 1. The summed E-state index contributed by atoms with van der Waals surface area (Å²) < 4.78 is 23.2. The predicted octanol–water partition coefficient (Wildman–Crippen LogP) is 2.18. The number of fused-ring (bicyclic) bond motifs is 2. The minimum absolute atomic E-state index is 0.0639. The van der Waals surface area contributed by atoms with Gasteiger partial charge in [-0.15, -0.1) is 14.8 Å². The zero-order chi connectivity index (χ0) is 22.4. The van der Waals surface area contributed by atoms with E-state index in [0.29, 0.717) is 34.3 Å². The molecule has 10 nitrogen and oxygen atoms in total. The van der Waals surface area contributed by atoms with Crippen molar-refractivity contribution in [2.45, 2.75) is 19.8 Å². The molecule has 1 N–H and O–H groups in total. The number of ether oxygens (including phenoxy) is 1. The first kappa shape index (κ1) is 20.3. The van der Waals surface area contributed by atoms with Crippen LogP contribution in [0.1, 0.15) is 18.7 Å². The van der Waals surface area contributed by atoms with Gasteiger partial charge >= 0.3 is 0 Å². The molecule has 1 aliphatic rings. The molecule has 4 aromatic heterocycles. The van der Waals surface area contributed by atoms with Gasteiger partial charge in [0.15, 0.2) is 28.9 Å². The number of aromatic nitrogens is 6. The molecule has 1 saturated heterocycles. The van der Waals surface area contributed by atoms with Gasteiger partial charge < -0.3 is 19.4 Å². The quantitative estimate of drug-likeness (QED) is 0.521. The van der Waals surface area contributed by atoms with Gasteiger partial charge in [0.05, 0.1) is 19.0 Å². The maximum absolute atomic E-state index is 14.9. The van der Waals surface area contributed by atoms with Crippen molar-refractivity contribution in [3.05, 3.63) is 36.2 Å². The predicted molar refractivity (Wildman–Crippen MR) is 115 cm³/mol. The first-order valence-corrected chi connectivity index (χ1v) is 10.4. The Morgan fingerprint density at radius 2 is 1.94 bits per heavy atom. The lowest BCUT2D eigenvalue weighted by Gasteiger charge is -2.27. The van der Waals surface area contributed by atoms with E-state index in [1.54, 1.807) is 29.8 Å². The highest BCUT2D eigenvalue weighted by atomic mass is 19.1. The highest BCUT2D eigenvalue weighted by molar-refractivity contribution is 5.92. The third-order valence-corrected chi connectivity index (χ3v) is 5.75. The molecular weight excluding hydrogens is 415 g/mol. The molecule has 1 aliphatic heterocycles. The lowest BCUT2D eigenvalue weighted by Crippen LogP contribution is -2.35. The molecule has 0 bridgehead atoms. The van der Waals surface area contributed by atoms with Crippen molar-refractivity contribution in [3.8, 4) is 17.0 Å². The van der Waals surface area contributed by atoms with Gasteiger partial charge in [-0.1, -0.05) is 0 Å². The van der Waals surface area contributed by atoms with Crippen LogP contribution in [0.15, 0.2) is 24.5 Å². The second-order valence-corrected chi connectivity index (χ2v) is 8.07. The van der Waals surface area contributed by atoms with Gasteiger partial charge in [-0.25, -0.2) is 14.4 Å². The number of aryl methyl sites for hydroxylation is 1.